The Hall–Kier alpha value is -2.66. The molecule has 2 nitrogen and oxygen atoms in total. The fourth-order valence-electron chi connectivity index (χ4n) is 2.13. The Morgan fingerprint density at radius 2 is 1.72 bits per heavy atom. The monoisotopic (exact) mass is 230 g/mol. The summed E-state index contributed by atoms with van der Waals surface area (Å²) in [6.45, 7) is 0. The lowest BCUT2D eigenvalue weighted by Crippen LogP contribution is -1.88. The molecule has 0 saturated carbocycles. The summed E-state index contributed by atoms with van der Waals surface area (Å²) in [4.78, 5) is 4.27. The summed E-state index contributed by atoms with van der Waals surface area (Å²) in [6.07, 6.45) is 1.74. The number of nitriles is 1. The molecule has 1 heterocycles. The highest BCUT2D eigenvalue weighted by atomic mass is 14.6. The Morgan fingerprint density at radius 1 is 0.889 bits per heavy atom. The van der Waals surface area contributed by atoms with Gasteiger partial charge in [0, 0.05) is 17.1 Å². The first-order chi connectivity index (χ1) is 8.90. The van der Waals surface area contributed by atoms with Gasteiger partial charge in [0.2, 0.25) is 0 Å². The third-order valence-electron chi connectivity index (χ3n) is 2.98. The van der Waals surface area contributed by atoms with E-state index in [2.05, 4.69) is 11.1 Å². The molecule has 0 spiro atoms. The summed E-state index contributed by atoms with van der Waals surface area (Å²) >= 11 is 0. The fourth-order valence-corrected chi connectivity index (χ4v) is 2.13. The molecule has 3 rings (SSSR count). The number of rotatable bonds is 1. The smallest absolute Gasteiger partial charge is 0.100 e. The van der Waals surface area contributed by atoms with E-state index in [9.17, 15) is 5.26 Å². The van der Waals surface area contributed by atoms with Gasteiger partial charge in [0.25, 0.3) is 0 Å². The van der Waals surface area contributed by atoms with Crippen LogP contribution in [0.5, 0.6) is 0 Å². The molecule has 3 aromatic rings. The van der Waals surface area contributed by atoms with E-state index in [4.69, 9.17) is 0 Å². The summed E-state index contributed by atoms with van der Waals surface area (Å²) in [6, 6.07) is 20.0. The highest BCUT2D eigenvalue weighted by Crippen LogP contribution is 2.28. The maximum Gasteiger partial charge on any atom is 0.100 e. The zero-order valence-corrected chi connectivity index (χ0v) is 9.67. The molecule has 2 aromatic carbocycles. The van der Waals surface area contributed by atoms with Crippen molar-refractivity contribution >= 4 is 10.9 Å². The molecule has 84 valence electrons. The molecule has 0 aliphatic heterocycles. The van der Waals surface area contributed by atoms with E-state index in [1.165, 1.54) is 0 Å². The van der Waals surface area contributed by atoms with Crippen molar-refractivity contribution in [2.24, 2.45) is 0 Å². The molecule has 1 aromatic heterocycles. The fraction of sp³-hybridized carbons (Fsp3) is 0. The third-order valence-corrected chi connectivity index (χ3v) is 2.98. The maximum atomic E-state index is 9.40. The summed E-state index contributed by atoms with van der Waals surface area (Å²) in [7, 11) is 0. The van der Waals surface area contributed by atoms with Crippen molar-refractivity contribution in [3.05, 3.63) is 66.4 Å². The molecule has 0 unspecified atom stereocenters. The zero-order valence-electron chi connectivity index (χ0n) is 9.67. The number of fused-ring (bicyclic) bond motifs is 1. The largest absolute Gasteiger partial charge is 0.256 e. The van der Waals surface area contributed by atoms with Gasteiger partial charge in [-0.15, -0.1) is 0 Å². The minimum Gasteiger partial charge on any atom is -0.256 e. The highest BCUT2D eigenvalue weighted by molar-refractivity contribution is 5.92. The van der Waals surface area contributed by atoms with Crippen molar-refractivity contribution in [1.29, 1.82) is 5.26 Å². The predicted molar refractivity (Wildman–Crippen MR) is 71.9 cm³/mol. The SMILES string of the molecule is N#Cc1c(-c2ccccc2)ccc2ncccc12. The first-order valence-electron chi connectivity index (χ1n) is 5.73. The number of hydrogen-bond acceptors (Lipinski definition) is 2. The number of nitrogens with zero attached hydrogens (tertiary/aromatic N) is 2. The van der Waals surface area contributed by atoms with Gasteiger partial charge in [-0.25, -0.2) is 0 Å². The van der Waals surface area contributed by atoms with E-state index in [0.717, 1.165) is 22.0 Å². The van der Waals surface area contributed by atoms with Gasteiger partial charge in [-0.05, 0) is 23.8 Å². The average Bonchev–Trinajstić information content (AvgIpc) is 2.47. The topological polar surface area (TPSA) is 36.7 Å². The summed E-state index contributed by atoms with van der Waals surface area (Å²) in [5, 5.41) is 10.3. The van der Waals surface area contributed by atoms with Crippen molar-refractivity contribution in [3.63, 3.8) is 0 Å². The van der Waals surface area contributed by atoms with Crippen molar-refractivity contribution in [1.82, 2.24) is 4.98 Å². The normalized spacial score (nSPS) is 10.2. The molecule has 0 bridgehead atoms. The molecule has 0 N–H and O–H groups in total. The maximum absolute atomic E-state index is 9.40. The number of pyridine rings is 1. The third kappa shape index (κ3) is 1.63. The Balaban J connectivity index is 2.35. The average molecular weight is 230 g/mol. The molecular formula is C16H10N2. The lowest BCUT2D eigenvalue weighted by molar-refractivity contribution is 1.40. The van der Waals surface area contributed by atoms with Gasteiger partial charge in [0.15, 0.2) is 0 Å². The lowest BCUT2D eigenvalue weighted by atomic mass is 9.97. The summed E-state index contributed by atoms with van der Waals surface area (Å²) in [5.41, 5.74) is 3.55. The van der Waals surface area contributed by atoms with Crippen LogP contribution in [0.4, 0.5) is 0 Å². The minimum atomic E-state index is 0.687. The number of hydrogen-bond donors (Lipinski definition) is 0. The van der Waals surface area contributed by atoms with Crippen molar-refractivity contribution in [3.8, 4) is 17.2 Å². The van der Waals surface area contributed by atoms with Crippen LogP contribution in [0, 0.1) is 11.3 Å². The van der Waals surface area contributed by atoms with E-state index >= 15 is 0 Å². The van der Waals surface area contributed by atoms with Gasteiger partial charge in [-0.3, -0.25) is 4.98 Å². The lowest BCUT2D eigenvalue weighted by Gasteiger charge is -2.07. The van der Waals surface area contributed by atoms with Crippen molar-refractivity contribution in [2.45, 2.75) is 0 Å². The van der Waals surface area contributed by atoms with Crippen LogP contribution in [0.2, 0.25) is 0 Å². The van der Waals surface area contributed by atoms with Crippen LogP contribution < -0.4 is 0 Å². The number of benzene rings is 2. The van der Waals surface area contributed by atoms with Gasteiger partial charge in [-0.2, -0.15) is 5.26 Å². The number of aromatic nitrogens is 1. The summed E-state index contributed by atoms with van der Waals surface area (Å²) in [5.74, 6) is 0. The van der Waals surface area contributed by atoms with E-state index in [0.29, 0.717) is 5.56 Å². The van der Waals surface area contributed by atoms with Crippen LogP contribution in [-0.4, -0.2) is 4.98 Å². The molecular weight excluding hydrogens is 220 g/mol. The highest BCUT2D eigenvalue weighted by Gasteiger charge is 2.08. The van der Waals surface area contributed by atoms with Crippen LogP contribution in [-0.2, 0) is 0 Å². The Kier molecular flexibility index (Phi) is 2.51. The molecule has 0 atom stereocenters. The molecule has 18 heavy (non-hydrogen) atoms. The molecule has 0 fully saturated rings. The molecule has 0 aliphatic rings. The Morgan fingerprint density at radius 3 is 2.50 bits per heavy atom. The quantitative estimate of drug-likeness (QED) is 0.638. The van der Waals surface area contributed by atoms with Crippen molar-refractivity contribution in [2.75, 3.05) is 0 Å². The van der Waals surface area contributed by atoms with Gasteiger partial charge in [0.1, 0.15) is 6.07 Å². The van der Waals surface area contributed by atoms with E-state index in [-0.39, 0.29) is 0 Å². The Labute approximate surface area is 105 Å². The van der Waals surface area contributed by atoms with Crippen LogP contribution in [0.25, 0.3) is 22.0 Å². The molecule has 2 heteroatoms. The van der Waals surface area contributed by atoms with Gasteiger partial charge >= 0.3 is 0 Å². The van der Waals surface area contributed by atoms with Crippen molar-refractivity contribution < 1.29 is 0 Å². The van der Waals surface area contributed by atoms with E-state index in [1.807, 2.05) is 54.6 Å². The van der Waals surface area contributed by atoms with Crippen LogP contribution in [0.3, 0.4) is 0 Å². The molecule has 0 amide bonds. The first kappa shape index (κ1) is 10.5. The van der Waals surface area contributed by atoms with Crippen LogP contribution in [0.1, 0.15) is 5.56 Å². The Bertz CT molecular complexity index is 740. The van der Waals surface area contributed by atoms with Gasteiger partial charge in [-0.1, -0.05) is 36.4 Å². The first-order valence-corrected chi connectivity index (χ1v) is 5.73. The molecule has 0 radical (unpaired) electrons. The second kappa shape index (κ2) is 4.31. The predicted octanol–water partition coefficient (Wildman–Crippen LogP) is 3.77. The standard InChI is InChI=1S/C16H10N2/c17-11-15-13(12-5-2-1-3-6-12)8-9-16-14(15)7-4-10-18-16/h1-10H. The van der Waals surface area contributed by atoms with Crippen LogP contribution >= 0.6 is 0 Å². The zero-order chi connectivity index (χ0) is 12.4. The summed E-state index contributed by atoms with van der Waals surface area (Å²) < 4.78 is 0. The second-order valence-corrected chi connectivity index (χ2v) is 4.04. The molecule has 0 saturated heterocycles. The minimum absolute atomic E-state index is 0.687. The van der Waals surface area contributed by atoms with Crippen LogP contribution in [0.15, 0.2) is 60.8 Å². The van der Waals surface area contributed by atoms with E-state index < -0.39 is 0 Å². The van der Waals surface area contributed by atoms with Gasteiger partial charge in [0.05, 0.1) is 11.1 Å². The molecule has 0 aliphatic carbocycles. The van der Waals surface area contributed by atoms with Gasteiger partial charge < -0.3 is 0 Å². The van der Waals surface area contributed by atoms with E-state index in [1.54, 1.807) is 6.20 Å². The second-order valence-electron chi connectivity index (χ2n) is 4.04.